The van der Waals surface area contributed by atoms with Crippen LogP contribution in [-0.4, -0.2) is 43.5 Å². The number of rotatable bonds is 8. The predicted octanol–water partition coefficient (Wildman–Crippen LogP) is 2.15. The van der Waals surface area contributed by atoms with Gasteiger partial charge < -0.3 is 20.7 Å². The first-order valence-electron chi connectivity index (χ1n) is 9.98. The maximum atomic E-state index is 12.3. The van der Waals surface area contributed by atoms with Crippen LogP contribution in [0.1, 0.15) is 35.2 Å². The third-order valence-corrected chi connectivity index (χ3v) is 5.24. The van der Waals surface area contributed by atoms with Crippen molar-refractivity contribution in [2.45, 2.75) is 25.7 Å². The molecule has 3 rings (SSSR count). The second-order valence-electron chi connectivity index (χ2n) is 7.30. The van der Waals surface area contributed by atoms with Crippen LogP contribution in [0, 0.1) is 5.92 Å². The van der Waals surface area contributed by atoms with E-state index >= 15 is 0 Å². The van der Waals surface area contributed by atoms with Crippen molar-refractivity contribution in [1.29, 1.82) is 0 Å². The molecular formula is C22H28N4O3. The first-order valence-corrected chi connectivity index (χ1v) is 9.98. The fraction of sp³-hybridized carbons (Fsp3) is 0.409. The highest BCUT2D eigenvalue weighted by molar-refractivity contribution is 5.94. The normalized spacial score (nSPS) is 16.3. The number of ether oxygens (including phenoxy) is 1. The average Bonchev–Trinajstić information content (AvgIpc) is 2.77. The van der Waals surface area contributed by atoms with Crippen LogP contribution in [0.5, 0.6) is 5.75 Å². The molecule has 1 aromatic heterocycles. The number of nitrogens with two attached hydrogens (primary N) is 1. The number of carbonyl (C=O) groups excluding carboxylic acids is 2. The fourth-order valence-corrected chi connectivity index (χ4v) is 3.51. The number of anilines is 1. The van der Waals surface area contributed by atoms with Crippen molar-refractivity contribution < 1.29 is 14.3 Å². The number of benzene rings is 1. The van der Waals surface area contributed by atoms with E-state index in [9.17, 15) is 9.59 Å². The molecule has 7 nitrogen and oxygen atoms in total. The summed E-state index contributed by atoms with van der Waals surface area (Å²) in [5.74, 6) is 1.08. The number of piperidine rings is 1. The van der Waals surface area contributed by atoms with E-state index in [1.807, 2.05) is 30.3 Å². The number of primary amides is 1. The summed E-state index contributed by atoms with van der Waals surface area (Å²) >= 11 is 0. The molecule has 1 saturated heterocycles. The summed E-state index contributed by atoms with van der Waals surface area (Å²) in [6, 6.07) is 11.5. The quantitative estimate of drug-likeness (QED) is 0.667. The van der Waals surface area contributed by atoms with Gasteiger partial charge in [-0.15, -0.1) is 0 Å². The lowest BCUT2D eigenvalue weighted by molar-refractivity contribution is -0.122. The molecule has 1 fully saturated rings. The van der Waals surface area contributed by atoms with E-state index in [-0.39, 0.29) is 17.7 Å². The van der Waals surface area contributed by atoms with Gasteiger partial charge in [0.05, 0.1) is 18.6 Å². The van der Waals surface area contributed by atoms with Gasteiger partial charge in [0.15, 0.2) is 0 Å². The zero-order valence-electron chi connectivity index (χ0n) is 16.8. The van der Waals surface area contributed by atoms with Crippen LogP contribution in [0.15, 0.2) is 42.6 Å². The number of aromatic nitrogens is 1. The summed E-state index contributed by atoms with van der Waals surface area (Å²) < 4.78 is 5.15. The Balaban J connectivity index is 1.45. The van der Waals surface area contributed by atoms with Crippen molar-refractivity contribution in [3.8, 4) is 5.75 Å². The third kappa shape index (κ3) is 5.70. The van der Waals surface area contributed by atoms with Crippen LogP contribution in [-0.2, 0) is 11.2 Å². The maximum absolute atomic E-state index is 12.3. The molecule has 2 heterocycles. The fourth-order valence-electron chi connectivity index (χ4n) is 3.51. The van der Waals surface area contributed by atoms with E-state index in [0.29, 0.717) is 18.7 Å². The molecule has 0 radical (unpaired) electrons. The molecule has 7 heteroatoms. The monoisotopic (exact) mass is 396 g/mol. The topological polar surface area (TPSA) is 97.5 Å². The van der Waals surface area contributed by atoms with Gasteiger partial charge in [0.2, 0.25) is 5.91 Å². The minimum atomic E-state index is -0.264. The average molecular weight is 396 g/mol. The van der Waals surface area contributed by atoms with Gasteiger partial charge in [0.1, 0.15) is 11.6 Å². The highest BCUT2D eigenvalue weighted by atomic mass is 16.5. The molecule has 1 aliphatic rings. The van der Waals surface area contributed by atoms with Crippen LogP contribution in [0.4, 0.5) is 5.82 Å². The molecule has 0 bridgehead atoms. The van der Waals surface area contributed by atoms with Crippen molar-refractivity contribution >= 4 is 17.6 Å². The first kappa shape index (κ1) is 20.6. The van der Waals surface area contributed by atoms with Crippen molar-refractivity contribution in [2.24, 2.45) is 11.7 Å². The summed E-state index contributed by atoms with van der Waals surface area (Å²) in [6.07, 6.45) is 5.06. The van der Waals surface area contributed by atoms with E-state index in [0.717, 1.165) is 43.8 Å². The minimum absolute atomic E-state index is 0.132. The van der Waals surface area contributed by atoms with E-state index < -0.39 is 0 Å². The first-order chi connectivity index (χ1) is 14.1. The molecule has 29 heavy (non-hydrogen) atoms. The Morgan fingerprint density at radius 1 is 1.24 bits per heavy atom. The summed E-state index contributed by atoms with van der Waals surface area (Å²) in [5.41, 5.74) is 7.17. The van der Waals surface area contributed by atoms with Gasteiger partial charge in [0.25, 0.3) is 5.91 Å². The van der Waals surface area contributed by atoms with E-state index in [1.165, 1.54) is 5.56 Å². The largest absolute Gasteiger partial charge is 0.497 e. The molecule has 3 N–H and O–H groups in total. The number of aryl methyl sites for hydroxylation is 1. The van der Waals surface area contributed by atoms with Crippen molar-refractivity contribution in [3.63, 3.8) is 0 Å². The molecule has 0 spiro atoms. The molecule has 0 aliphatic carbocycles. The maximum Gasteiger partial charge on any atom is 0.252 e. The molecule has 1 aromatic carbocycles. The summed E-state index contributed by atoms with van der Waals surface area (Å²) in [6.45, 7) is 2.02. The lowest BCUT2D eigenvalue weighted by Gasteiger charge is -2.32. The van der Waals surface area contributed by atoms with Crippen molar-refractivity contribution in [2.75, 3.05) is 31.6 Å². The summed E-state index contributed by atoms with van der Waals surface area (Å²) in [7, 11) is 1.65. The highest BCUT2D eigenvalue weighted by Crippen LogP contribution is 2.21. The molecule has 0 saturated carbocycles. The summed E-state index contributed by atoms with van der Waals surface area (Å²) in [5, 5.41) is 2.93. The van der Waals surface area contributed by atoms with E-state index in [2.05, 4.69) is 15.2 Å². The molecule has 0 unspecified atom stereocenters. The van der Waals surface area contributed by atoms with Gasteiger partial charge in [-0.25, -0.2) is 4.98 Å². The molecule has 1 atom stereocenters. The second-order valence-corrected chi connectivity index (χ2v) is 7.30. The van der Waals surface area contributed by atoms with Crippen LogP contribution in [0.2, 0.25) is 0 Å². The van der Waals surface area contributed by atoms with Gasteiger partial charge in [-0.05, 0) is 55.5 Å². The minimum Gasteiger partial charge on any atom is -0.497 e. The van der Waals surface area contributed by atoms with Crippen LogP contribution < -0.4 is 20.7 Å². The standard InChI is InChI=1S/C22H28N4O3/c1-29-19-9-6-16(7-10-19)4-2-12-24-22(28)17-8-11-20(25-14-17)26-13-3-5-18(15-26)21(23)27/h6-11,14,18H,2-5,12-13,15H2,1H3,(H2,23,27)(H,24,28)/t18-/m1/s1. The predicted molar refractivity (Wildman–Crippen MR) is 112 cm³/mol. The van der Waals surface area contributed by atoms with Crippen LogP contribution in [0.25, 0.3) is 0 Å². The Hall–Kier alpha value is -3.09. The number of pyridine rings is 1. The Bertz CT molecular complexity index is 821. The summed E-state index contributed by atoms with van der Waals surface area (Å²) in [4.78, 5) is 30.2. The van der Waals surface area contributed by atoms with E-state index in [4.69, 9.17) is 10.5 Å². The van der Waals surface area contributed by atoms with Gasteiger partial charge in [-0.2, -0.15) is 0 Å². The number of nitrogens with zero attached hydrogens (tertiary/aromatic N) is 2. The number of hydrogen-bond acceptors (Lipinski definition) is 5. The zero-order chi connectivity index (χ0) is 20.6. The lowest BCUT2D eigenvalue weighted by Crippen LogP contribution is -2.41. The Kier molecular flexibility index (Phi) is 7.05. The smallest absolute Gasteiger partial charge is 0.252 e. The van der Waals surface area contributed by atoms with Gasteiger partial charge in [0, 0.05) is 25.8 Å². The van der Waals surface area contributed by atoms with Gasteiger partial charge >= 0.3 is 0 Å². The molecule has 2 amide bonds. The molecule has 1 aliphatic heterocycles. The Morgan fingerprint density at radius 3 is 2.69 bits per heavy atom. The van der Waals surface area contributed by atoms with Crippen molar-refractivity contribution in [3.05, 3.63) is 53.7 Å². The molecule has 2 aromatic rings. The van der Waals surface area contributed by atoms with Gasteiger partial charge in [-0.1, -0.05) is 12.1 Å². The lowest BCUT2D eigenvalue weighted by atomic mass is 9.97. The third-order valence-electron chi connectivity index (χ3n) is 5.24. The Labute approximate surface area is 171 Å². The van der Waals surface area contributed by atoms with Crippen LogP contribution in [0.3, 0.4) is 0 Å². The Morgan fingerprint density at radius 2 is 2.03 bits per heavy atom. The highest BCUT2D eigenvalue weighted by Gasteiger charge is 2.24. The number of amides is 2. The van der Waals surface area contributed by atoms with Crippen molar-refractivity contribution in [1.82, 2.24) is 10.3 Å². The number of nitrogens with one attached hydrogen (secondary N) is 1. The number of methoxy groups -OCH3 is 1. The number of carbonyl (C=O) groups is 2. The zero-order valence-corrected chi connectivity index (χ0v) is 16.8. The second kappa shape index (κ2) is 9.91. The van der Waals surface area contributed by atoms with Crippen LogP contribution >= 0.6 is 0 Å². The van der Waals surface area contributed by atoms with Gasteiger partial charge in [-0.3, -0.25) is 9.59 Å². The SMILES string of the molecule is COc1ccc(CCCNC(=O)c2ccc(N3CCC[C@@H](C(N)=O)C3)nc2)cc1. The molecule has 154 valence electrons. The van der Waals surface area contributed by atoms with E-state index in [1.54, 1.807) is 19.4 Å². The number of hydrogen-bond donors (Lipinski definition) is 2. The molecular weight excluding hydrogens is 368 g/mol.